The van der Waals surface area contributed by atoms with Crippen LogP contribution in [0.4, 0.5) is 0 Å². The van der Waals surface area contributed by atoms with E-state index in [1.54, 1.807) is 0 Å². The van der Waals surface area contributed by atoms with Crippen LogP contribution < -0.4 is 0 Å². The molecular formula is C26H34. The molecule has 0 saturated heterocycles. The van der Waals surface area contributed by atoms with Gasteiger partial charge >= 0.3 is 0 Å². The molecule has 0 N–H and O–H groups in total. The molecule has 0 fully saturated rings. The zero-order valence-electron chi connectivity index (χ0n) is 15.1. The van der Waals surface area contributed by atoms with Gasteiger partial charge in [0.15, 0.2) is 0 Å². The molecule has 0 heterocycles. The predicted octanol–water partition coefficient (Wildman–Crippen LogP) is 7.81. The Morgan fingerprint density at radius 3 is 1.46 bits per heavy atom. The van der Waals surface area contributed by atoms with E-state index >= 15 is 0 Å². The lowest BCUT2D eigenvalue weighted by Gasteiger charge is -1.96. The first kappa shape index (κ1) is 27.9. The second-order valence-corrected chi connectivity index (χ2v) is 4.22. The second kappa shape index (κ2) is 18.4. The van der Waals surface area contributed by atoms with Crippen LogP contribution in [0.15, 0.2) is 72.8 Å². The Balaban J connectivity index is -0.000000335. The van der Waals surface area contributed by atoms with Crippen LogP contribution in [0.1, 0.15) is 53.7 Å². The maximum atomic E-state index is 5.29. The molecule has 0 atom stereocenters. The molecule has 0 amide bonds. The third-order valence-corrected chi connectivity index (χ3v) is 2.86. The standard InChI is InChI=1S/C12H8.C8H6.2C2H6.2CH4/c1-2-10-7-8-11-5-3-4-6-12(11)9-10;1-2-8-6-4-3-5-7-8;2*1-2;;/h1,3-9H;1,3-7H;2*1-2H3;2*1H4. The third kappa shape index (κ3) is 10.0. The van der Waals surface area contributed by atoms with Crippen LogP contribution in [0, 0.1) is 24.7 Å². The van der Waals surface area contributed by atoms with Crippen molar-refractivity contribution in [2.75, 3.05) is 0 Å². The second-order valence-electron chi connectivity index (χ2n) is 4.22. The molecule has 26 heavy (non-hydrogen) atoms. The van der Waals surface area contributed by atoms with Gasteiger partial charge in [-0.2, -0.15) is 0 Å². The zero-order valence-corrected chi connectivity index (χ0v) is 15.1. The molecule has 3 aromatic rings. The highest BCUT2D eigenvalue weighted by Gasteiger charge is 1.91. The summed E-state index contributed by atoms with van der Waals surface area (Å²) in [7, 11) is 0. The van der Waals surface area contributed by atoms with Gasteiger partial charge in [0.25, 0.3) is 0 Å². The summed E-state index contributed by atoms with van der Waals surface area (Å²) < 4.78 is 0. The molecule has 0 spiro atoms. The Hall–Kier alpha value is -2.96. The molecule has 138 valence electrons. The van der Waals surface area contributed by atoms with Crippen LogP contribution in [0.3, 0.4) is 0 Å². The molecule has 0 aliphatic rings. The smallest absolute Gasteiger partial charge is 0.0248 e. The molecule has 0 aromatic heterocycles. The van der Waals surface area contributed by atoms with E-state index in [2.05, 4.69) is 24.0 Å². The molecule has 3 rings (SSSR count). The van der Waals surface area contributed by atoms with E-state index in [0.29, 0.717) is 0 Å². The quantitative estimate of drug-likeness (QED) is 0.364. The van der Waals surface area contributed by atoms with Crippen molar-refractivity contribution in [3.63, 3.8) is 0 Å². The van der Waals surface area contributed by atoms with E-state index in [1.807, 2.05) is 88.4 Å². The van der Waals surface area contributed by atoms with Crippen LogP contribution >= 0.6 is 0 Å². The Morgan fingerprint density at radius 2 is 1.00 bits per heavy atom. The summed E-state index contributed by atoms with van der Waals surface area (Å²) in [5, 5.41) is 2.43. The lowest BCUT2D eigenvalue weighted by molar-refractivity contribution is 1.50. The summed E-state index contributed by atoms with van der Waals surface area (Å²) in [6.07, 6.45) is 10.4. The average Bonchev–Trinajstić information content (AvgIpc) is 2.71. The summed E-state index contributed by atoms with van der Waals surface area (Å²) >= 11 is 0. The highest BCUT2D eigenvalue weighted by Crippen LogP contribution is 2.14. The van der Waals surface area contributed by atoms with E-state index in [0.717, 1.165) is 11.1 Å². The average molecular weight is 347 g/mol. The fourth-order valence-corrected chi connectivity index (χ4v) is 1.81. The van der Waals surface area contributed by atoms with Crippen LogP contribution in [0.5, 0.6) is 0 Å². The van der Waals surface area contributed by atoms with Crippen molar-refractivity contribution in [2.24, 2.45) is 0 Å². The van der Waals surface area contributed by atoms with Gasteiger partial charge in [0.05, 0.1) is 0 Å². The van der Waals surface area contributed by atoms with Crippen LogP contribution in [0.2, 0.25) is 0 Å². The van der Waals surface area contributed by atoms with E-state index in [4.69, 9.17) is 12.8 Å². The normalized spacial score (nSPS) is 7.31. The van der Waals surface area contributed by atoms with E-state index in [-0.39, 0.29) is 14.9 Å². The van der Waals surface area contributed by atoms with Gasteiger partial charge in [-0.25, -0.2) is 0 Å². The number of terminal acetylenes is 2. The number of benzene rings is 3. The molecule has 0 radical (unpaired) electrons. The molecule has 0 unspecified atom stereocenters. The maximum Gasteiger partial charge on any atom is 0.0248 e. The number of rotatable bonds is 0. The Morgan fingerprint density at radius 1 is 0.538 bits per heavy atom. The van der Waals surface area contributed by atoms with Gasteiger partial charge < -0.3 is 0 Å². The monoisotopic (exact) mass is 346 g/mol. The van der Waals surface area contributed by atoms with Crippen LogP contribution in [-0.2, 0) is 0 Å². The lowest BCUT2D eigenvalue weighted by atomic mass is 10.1. The minimum atomic E-state index is 0. The van der Waals surface area contributed by atoms with Gasteiger partial charge in [-0.05, 0) is 35.0 Å². The van der Waals surface area contributed by atoms with E-state index in [1.165, 1.54) is 10.8 Å². The maximum absolute atomic E-state index is 5.29. The highest BCUT2D eigenvalue weighted by atomic mass is 13.9. The summed E-state index contributed by atoms with van der Waals surface area (Å²) in [5.41, 5.74) is 1.88. The SMILES string of the molecule is C.C.C#Cc1ccc2ccccc2c1.C#Cc1ccccc1.CC.CC. The molecule has 0 nitrogen and oxygen atoms in total. The topological polar surface area (TPSA) is 0 Å². The molecule has 0 saturated carbocycles. The first-order chi connectivity index (χ1) is 11.8. The summed E-state index contributed by atoms with van der Waals surface area (Å²) in [4.78, 5) is 0. The van der Waals surface area contributed by atoms with Crippen molar-refractivity contribution in [3.05, 3.63) is 83.9 Å². The van der Waals surface area contributed by atoms with Crippen molar-refractivity contribution in [2.45, 2.75) is 42.5 Å². The molecule has 3 aromatic carbocycles. The summed E-state index contributed by atoms with van der Waals surface area (Å²) in [6.45, 7) is 8.00. The minimum Gasteiger partial charge on any atom is -0.115 e. The van der Waals surface area contributed by atoms with Crippen molar-refractivity contribution >= 4 is 10.8 Å². The Labute approximate surface area is 162 Å². The fourth-order valence-electron chi connectivity index (χ4n) is 1.81. The van der Waals surface area contributed by atoms with Crippen molar-refractivity contribution in [3.8, 4) is 24.7 Å². The summed E-state index contributed by atoms with van der Waals surface area (Å²) in [6, 6.07) is 23.8. The van der Waals surface area contributed by atoms with Gasteiger partial charge in [0, 0.05) is 11.1 Å². The van der Waals surface area contributed by atoms with Crippen LogP contribution in [0.25, 0.3) is 10.8 Å². The number of fused-ring (bicyclic) bond motifs is 1. The van der Waals surface area contributed by atoms with E-state index < -0.39 is 0 Å². The van der Waals surface area contributed by atoms with Gasteiger partial charge in [-0.15, -0.1) is 12.8 Å². The van der Waals surface area contributed by atoms with Gasteiger partial charge in [0.2, 0.25) is 0 Å². The summed E-state index contributed by atoms with van der Waals surface area (Å²) in [5.74, 6) is 5.15. The number of hydrogen-bond acceptors (Lipinski definition) is 0. The van der Waals surface area contributed by atoms with Crippen molar-refractivity contribution in [1.29, 1.82) is 0 Å². The molecular weight excluding hydrogens is 312 g/mol. The Bertz CT molecular complexity index is 768. The van der Waals surface area contributed by atoms with Crippen molar-refractivity contribution < 1.29 is 0 Å². The fraction of sp³-hybridized carbons (Fsp3) is 0.231. The Kier molecular flexibility index (Phi) is 19.7. The molecule has 0 aliphatic heterocycles. The predicted molar refractivity (Wildman–Crippen MR) is 122 cm³/mol. The molecule has 0 bridgehead atoms. The van der Waals surface area contributed by atoms with Crippen molar-refractivity contribution in [1.82, 2.24) is 0 Å². The van der Waals surface area contributed by atoms with Gasteiger partial charge in [-0.1, -0.05) is 103 Å². The zero-order chi connectivity index (χ0) is 18.2. The van der Waals surface area contributed by atoms with Gasteiger partial charge in [0.1, 0.15) is 0 Å². The highest BCUT2D eigenvalue weighted by molar-refractivity contribution is 5.83. The van der Waals surface area contributed by atoms with Gasteiger partial charge in [-0.3, -0.25) is 0 Å². The molecule has 0 heteroatoms. The minimum absolute atomic E-state index is 0. The van der Waals surface area contributed by atoms with E-state index in [9.17, 15) is 0 Å². The first-order valence-corrected chi connectivity index (χ1v) is 8.30. The third-order valence-electron chi connectivity index (χ3n) is 2.86. The van der Waals surface area contributed by atoms with Crippen LogP contribution in [-0.4, -0.2) is 0 Å². The molecule has 0 aliphatic carbocycles. The number of hydrogen-bond donors (Lipinski definition) is 0. The first-order valence-electron chi connectivity index (χ1n) is 8.30. The lowest BCUT2D eigenvalue weighted by Crippen LogP contribution is -1.74. The largest absolute Gasteiger partial charge is 0.115 e.